The van der Waals surface area contributed by atoms with Gasteiger partial charge in [-0.1, -0.05) is 67.2 Å². The topological polar surface area (TPSA) is 69.8 Å². The molecule has 4 rings (SSSR count). The van der Waals surface area contributed by atoms with Crippen molar-refractivity contribution in [3.63, 3.8) is 0 Å². The predicted molar refractivity (Wildman–Crippen MR) is 109 cm³/mol. The highest BCUT2D eigenvalue weighted by Crippen LogP contribution is 2.39. The number of hydrazine groups is 1. The molecule has 0 atom stereocenters. The predicted octanol–water partition coefficient (Wildman–Crippen LogP) is 4.11. The monoisotopic (exact) mass is 387 g/mol. The van der Waals surface area contributed by atoms with Gasteiger partial charge in [0.25, 0.3) is 0 Å². The van der Waals surface area contributed by atoms with Crippen LogP contribution in [0.15, 0.2) is 89.9 Å². The van der Waals surface area contributed by atoms with Gasteiger partial charge in [-0.25, -0.2) is 9.99 Å². The molecule has 2 aromatic carbocycles. The maximum Gasteiger partial charge on any atom is 0.221 e. The van der Waals surface area contributed by atoms with Gasteiger partial charge in [0.15, 0.2) is 17.9 Å². The third kappa shape index (κ3) is 3.34. The Hall–Kier alpha value is -3.64. The molecular formula is C23H21N3O3. The molecule has 0 saturated heterocycles. The minimum absolute atomic E-state index is 0.158. The van der Waals surface area contributed by atoms with Crippen LogP contribution in [0.1, 0.15) is 28.6 Å². The van der Waals surface area contributed by atoms with E-state index in [0.717, 1.165) is 17.2 Å². The van der Waals surface area contributed by atoms with Gasteiger partial charge in [0, 0.05) is 7.05 Å². The standard InChI is InChI=1S/C23H21N3O3/c1-3-19(27)22(28)21-23-18(24-15-29-23)14-26(25(21)2)20(16-10-6-4-7-11-16)17-12-8-5-9-13-17/h3-13,15,20,28H,1,14H2,2H3/b22-21+. The second-order valence-electron chi connectivity index (χ2n) is 6.74. The number of aromatic nitrogens is 1. The zero-order valence-corrected chi connectivity index (χ0v) is 16.0. The van der Waals surface area contributed by atoms with Crippen LogP contribution in [-0.4, -0.2) is 32.9 Å². The normalized spacial score (nSPS) is 15.9. The SMILES string of the molecule is C=CC(=O)/C(O)=C1/c2ocnc2CN(C(c2ccccc2)c2ccccc2)N1C. The van der Waals surface area contributed by atoms with Gasteiger partial charge >= 0.3 is 0 Å². The molecule has 1 aliphatic heterocycles. The molecule has 6 nitrogen and oxygen atoms in total. The minimum Gasteiger partial charge on any atom is -0.503 e. The summed E-state index contributed by atoms with van der Waals surface area (Å²) < 4.78 is 5.51. The Morgan fingerprint density at radius 2 is 1.72 bits per heavy atom. The van der Waals surface area contributed by atoms with Crippen molar-refractivity contribution < 1.29 is 14.3 Å². The van der Waals surface area contributed by atoms with E-state index in [2.05, 4.69) is 40.8 Å². The van der Waals surface area contributed by atoms with Gasteiger partial charge in [-0.2, -0.15) is 0 Å². The quantitative estimate of drug-likeness (QED) is 0.525. The molecule has 29 heavy (non-hydrogen) atoms. The molecular weight excluding hydrogens is 366 g/mol. The summed E-state index contributed by atoms with van der Waals surface area (Å²) in [5.41, 5.74) is 3.07. The average Bonchev–Trinajstić information content (AvgIpc) is 3.23. The molecule has 1 N–H and O–H groups in total. The maximum atomic E-state index is 12.2. The van der Waals surface area contributed by atoms with E-state index in [0.29, 0.717) is 18.0 Å². The van der Waals surface area contributed by atoms with Gasteiger partial charge in [-0.05, 0) is 17.2 Å². The van der Waals surface area contributed by atoms with E-state index in [9.17, 15) is 9.90 Å². The van der Waals surface area contributed by atoms with Crippen molar-refractivity contribution >= 4 is 11.5 Å². The highest BCUT2D eigenvalue weighted by Gasteiger charge is 2.37. The van der Waals surface area contributed by atoms with Crippen molar-refractivity contribution in [1.82, 2.24) is 15.0 Å². The van der Waals surface area contributed by atoms with E-state index in [1.54, 1.807) is 12.1 Å². The van der Waals surface area contributed by atoms with E-state index < -0.39 is 11.5 Å². The highest BCUT2D eigenvalue weighted by molar-refractivity contribution is 6.06. The number of rotatable bonds is 5. The molecule has 0 unspecified atom stereocenters. The van der Waals surface area contributed by atoms with Gasteiger partial charge < -0.3 is 14.5 Å². The van der Waals surface area contributed by atoms with Crippen molar-refractivity contribution in [2.24, 2.45) is 0 Å². The minimum atomic E-state index is -0.577. The number of carbonyl (C=O) groups is 1. The Labute approximate surface area is 169 Å². The Balaban J connectivity index is 1.88. The summed E-state index contributed by atoms with van der Waals surface area (Å²) >= 11 is 0. The van der Waals surface area contributed by atoms with Crippen LogP contribution in [0.25, 0.3) is 5.70 Å². The smallest absolute Gasteiger partial charge is 0.221 e. The summed E-state index contributed by atoms with van der Waals surface area (Å²) in [4.78, 5) is 16.5. The molecule has 0 amide bonds. The molecule has 0 saturated carbocycles. The summed E-state index contributed by atoms with van der Waals surface area (Å²) in [7, 11) is 1.80. The van der Waals surface area contributed by atoms with E-state index in [4.69, 9.17) is 4.42 Å². The van der Waals surface area contributed by atoms with Crippen LogP contribution >= 0.6 is 0 Å². The number of carbonyl (C=O) groups excluding carboxylic acids is 1. The molecule has 0 fully saturated rings. The Bertz CT molecular complexity index is 1020. The molecule has 1 aliphatic rings. The van der Waals surface area contributed by atoms with Crippen LogP contribution in [0.4, 0.5) is 0 Å². The number of ketones is 1. The molecule has 6 heteroatoms. The molecule has 2 heterocycles. The van der Waals surface area contributed by atoms with Gasteiger partial charge in [0.2, 0.25) is 5.78 Å². The Morgan fingerprint density at radius 3 is 2.28 bits per heavy atom. The van der Waals surface area contributed by atoms with Crippen LogP contribution in [0.3, 0.4) is 0 Å². The lowest BCUT2D eigenvalue weighted by Gasteiger charge is -2.43. The fourth-order valence-electron chi connectivity index (χ4n) is 3.66. The van der Waals surface area contributed by atoms with Crippen LogP contribution in [0.5, 0.6) is 0 Å². The van der Waals surface area contributed by atoms with Crippen LogP contribution in [0.2, 0.25) is 0 Å². The molecule has 3 aromatic rings. The number of fused-ring (bicyclic) bond motifs is 1. The number of oxazole rings is 1. The number of aliphatic hydroxyl groups is 1. The van der Waals surface area contributed by atoms with Crippen molar-refractivity contribution in [1.29, 1.82) is 0 Å². The second-order valence-corrected chi connectivity index (χ2v) is 6.74. The number of allylic oxidation sites excluding steroid dienone is 1. The Kier molecular flexibility index (Phi) is 5.01. The van der Waals surface area contributed by atoms with E-state index in [1.165, 1.54) is 6.39 Å². The van der Waals surface area contributed by atoms with E-state index in [-0.39, 0.29) is 11.7 Å². The lowest BCUT2D eigenvalue weighted by molar-refractivity contribution is -0.113. The maximum absolute atomic E-state index is 12.2. The first-order valence-electron chi connectivity index (χ1n) is 9.24. The molecule has 0 radical (unpaired) electrons. The molecule has 146 valence electrons. The highest BCUT2D eigenvalue weighted by atomic mass is 16.3. The third-order valence-corrected chi connectivity index (χ3v) is 5.05. The zero-order valence-electron chi connectivity index (χ0n) is 16.0. The fourth-order valence-corrected chi connectivity index (χ4v) is 3.66. The summed E-state index contributed by atoms with van der Waals surface area (Å²) in [6, 6.07) is 20.0. The second kappa shape index (κ2) is 7.77. The van der Waals surface area contributed by atoms with Gasteiger partial charge in [0.1, 0.15) is 11.4 Å². The fraction of sp³-hybridized carbons (Fsp3) is 0.130. The first kappa shape index (κ1) is 18.7. The van der Waals surface area contributed by atoms with Crippen LogP contribution < -0.4 is 0 Å². The molecule has 1 aromatic heterocycles. The molecule has 0 aliphatic carbocycles. The summed E-state index contributed by atoms with van der Waals surface area (Å²) in [6.07, 6.45) is 2.41. The first-order valence-corrected chi connectivity index (χ1v) is 9.24. The van der Waals surface area contributed by atoms with Crippen LogP contribution in [-0.2, 0) is 11.3 Å². The van der Waals surface area contributed by atoms with E-state index in [1.807, 2.05) is 36.4 Å². The number of benzene rings is 2. The average molecular weight is 387 g/mol. The molecule has 0 spiro atoms. The summed E-state index contributed by atoms with van der Waals surface area (Å²) in [5.74, 6) is -0.617. The number of aliphatic hydroxyl groups excluding tert-OH is 1. The largest absolute Gasteiger partial charge is 0.503 e. The zero-order chi connectivity index (χ0) is 20.4. The van der Waals surface area contributed by atoms with Gasteiger partial charge in [-0.15, -0.1) is 0 Å². The number of hydrogen-bond donors (Lipinski definition) is 1. The van der Waals surface area contributed by atoms with Gasteiger partial charge in [-0.3, -0.25) is 4.79 Å². The van der Waals surface area contributed by atoms with Crippen molar-refractivity contribution in [2.45, 2.75) is 12.6 Å². The van der Waals surface area contributed by atoms with Crippen LogP contribution in [0, 0.1) is 0 Å². The lowest BCUT2D eigenvalue weighted by atomic mass is 9.97. The van der Waals surface area contributed by atoms with Gasteiger partial charge in [0.05, 0.1) is 12.6 Å². The summed E-state index contributed by atoms with van der Waals surface area (Å²) in [5, 5.41) is 14.4. The Morgan fingerprint density at radius 1 is 1.14 bits per heavy atom. The molecule has 0 bridgehead atoms. The number of nitrogens with zero attached hydrogens (tertiary/aromatic N) is 3. The van der Waals surface area contributed by atoms with Crippen molar-refractivity contribution in [3.05, 3.63) is 108 Å². The van der Waals surface area contributed by atoms with E-state index >= 15 is 0 Å². The van der Waals surface area contributed by atoms with Crippen molar-refractivity contribution in [3.8, 4) is 0 Å². The first-order chi connectivity index (χ1) is 14.1. The lowest BCUT2D eigenvalue weighted by Crippen LogP contribution is -2.45. The third-order valence-electron chi connectivity index (χ3n) is 5.05. The summed E-state index contributed by atoms with van der Waals surface area (Å²) in [6.45, 7) is 3.93. The van der Waals surface area contributed by atoms with Crippen molar-refractivity contribution in [2.75, 3.05) is 7.05 Å². The number of hydrogen-bond acceptors (Lipinski definition) is 6.